The number of ether oxygens (including phenoxy) is 2. The SMILES string of the molecule is CN=C(NCCc1ccc2c(c1)OCO2)NCCn1cccn1. The molecule has 2 N–H and O–H groups in total. The Morgan fingerprint density at radius 3 is 2.96 bits per heavy atom. The van der Waals surface area contributed by atoms with Crippen molar-refractivity contribution in [1.29, 1.82) is 0 Å². The predicted molar refractivity (Wildman–Crippen MR) is 87.9 cm³/mol. The molecule has 0 saturated heterocycles. The first kappa shape index (κ1) is 15.2. The van der Waals surface area contributed by atoms with Gasteiger partial charge in [0.2, 0.25) is 6.79 Å². The quantitative estimate of drug-likeness (QED) is 0.615. The molecule has 7 heteroatoms. The summed E-state index contributed by atoms with van der Waals surface area (Å²) < 4.78 is 12.6. The van der Waals surface area contributed by atoms with Crippen LogP contribution >= 0.6 is 0 Å². The Hall–Kier alpha value is -2.70. The maximum Gasteiger partial charge on any atom is 0.231 e. The molecule has 0 atom stereocenters. The van der Waals surface area contributed by atoms with E-state index in [1.165, 1.54) is 5.56 Å². The van der Waals surface area contributed by atoms with Crippen molar-refractivity contribution in [3.05, 3.63) is 42.2 Å². The van der Waals surface area contributed by atoms with Crippen LogP contribution < -0.4 is 20.1 Å². The minimum Gasteiger partial charge on any atom is -0.454 e. The van der Waals surface area contributed by atoms with E-state index in [1.54, 1.807) is 13.2 Å². The van der Waals surface area contributed by atoms with Gasteiger partial charge in [0.1, 0.15) is 0 Å². The van der Waals surface area contributed by atoms with Gasteiger partial charge in [-0.2, -0.15) is 5.10 Å². The Morgan fingerprint density at radius 1 is 1.26 bits per heavy atom. The van der Waals surface area contributed by atoms with Crippen molar-refractivity contribution in [2.75, 3.05) is 26.9 Å². The monoisotopic (exact) mass is 315 g/mol. The van der Waals surface area contributed by atoms with E-state index in [1.807, 2.05) is 29.1 Å². The van der Waals surface area contributed by atoms with Crippen LogP contribution in [0.15, 0.2) is 41.7 Å². The molecule has 0 fully saturated rings. The summed E-state index contributed by atoms with van der Waals surface area (Å²) in [6.07, 6.45) is 4.60. The smallest absolute Gasteiger partial charge is 0.231 e. The predicted octanol–water partition coefficient (Wildman–Crippen LogP) is 1.02. The van der Waals surface area contributed by atoms with Gasteiger partial charge in [0.25, 0.3) is 0 Å². The van der Waals surface area contributed by atoms with Crippen molar-refractivity contribution < 1.29 is 9.47 Å². The van der Waals surface area contributed by atoms with Gasteiger partial charge in [-0.1, -0.05) is 6.07 Å². The zero-order valence-corrected chi connectivity index (χ0v) is 13.2. The highest BCUT2D eigenvalue weighted by atomic mass is 16.7. The van der Waals surface area contributed by atoms with Crippen LogP contribution in [-0.4, -0.2) is 42.7 Å². The van der Waals surface area contributed by atoms with E-state index in [4.69, 9.17) is 9.47 Å². The third-order valence-electron chi connectivity index (χ3n) is 3.56. The van der Waals surface area contributed by atoms with Gasteiger partial charge in [-0.3, -0.25) is 9.67 Å². The van der Waals surface area contributed by atoms with Crippen LogP contribution in [-0.2, 0) is 13.0 Å². The third kappa shape index (κ3) is 4.15. The molecule has 7 nitrogen and oxygen atoms in total. The fourth-order valence-corrected chi connectivity index (χ4v) is 2.36. The second-order valence-electron chi connectivity index (χ2n) is 5.13. The maximum atomic E-state index is 5.39. The molecule has 1 aromatic heterocycles. The molecule has 2 heterocycles. The highest BCUT2D eigenvalue weighted by Crippen LogP contribution is 2.32. The maximum absolute atomic E-state index is 5.39. The molecule has 0 spiro atoms. The van der Waals surface area contributed by atoms with Crippen molar-refractivity contribution in [2.24, 2.45) is 4.99 Å². The molecule has 23 heavy (non-hydrogen) atoms. The number of hydrogen-bond donors (Lipinski definition) is 2. The average Bonchev–Trinajstić information content (AvgIpc) is 3.24. The Kier molecular flexibility index (Phi) is 4.98. The molecule has 0 bridgehead atoms. The van der Waals surface area contributed by atoms with E-state index in [-0.39, 0.29) is 0 Å². The summed E-state index contributed by atoms with van der Waals surface area (Å²) in [6, 6.07) is 7.95. The van der Waals surface area contributed by atoms with Gasteiger partial charge < -0.3 is 20.1 Å². The number of fused-ring (bicyclic) bond motifs is 1. The molecule has 0 amide bonds. The van der Waals surface area contributed by atoms with Gasteiger partial charge in [0, 0.05) is 32.5 Å². The average molecular weight is 315 g/mol. The standard InChI is InChI=1S/C16H21N5O2/c1-17-16(19-8-10-21-9-2-6-20-21)18-7-5-13-3-4-14-15(11-13)23-12-22-14/h2-4,6,9,11H,5,7-8,10,12H2,1H3,(H2,17,18,19). The van der Waals surface area contributed by atoms with Crippen LogP contribution in [0.25, 0.3) is 0 Å². The fourth-order valence-electron chi connectivity index (χ4n) is 2.36. The second-order valence-corrected chi connectivity index (χ2v) is 5.13. The molecule has 3 rings (SSSR count). The van der Waals surface area contributed by atoms with E-state index >= 15 is 0 Å². The summed E-state index contributed by atoms with van der Waals surface area (Å²) in [5.74, 6) is 2.43. The van der Waals surface area contributed by atoms with Crippen LogP contribution in [0.4, 0.5) is 0 Å². The number of hydrogen-bond acceptors (Lipinski definition) is 4. The lowest BCUT2D eigenvalue weighted by Crippen LogP contribution is -2.39. The molecule has 0 radical (unpaired) electrons. The number of rotatable bonds is 6. The summed E-state index contributed by atoms with van der Waals surface area (Å²) in [5.41, 5.74) is 1.20. The Morgan fingerprint density at radius 2 is 2.13 bits per heavy atom. The molecule has 0 saturated carbocycles. The third-order valence-corrected chi connectivity index (χ3v) is 3.56. The lowest BCUT2D eigenvalue weighted by molar-refractivity contribution is 0.174. The molecular formula is C16H21N5O2. The normalized spacial score (nSPS) is 13.2. The zero-order valence-electron chi connectivity index (χ0n) is 13.2. The lowest BCUT2D eigenvalue weighted by atomic mass is 10.1. The van der Waals surface area contributed by atoms with E-state index < -0.39 is 0 Å². The van der Waals surface area contributed by atoms with Crippen LogP contribution in [0.2, 0.25) is 0 Å². The highest BCUT2D eigenvalue weighted by Gasteiger charge is 2.12. The van der Waals surface area contributed by atoms with Crippen molar-refractivity contribution in [3.63, 3.8) is 0 Å². The first-order chi connectivity index (χ1) is 11.3. The molecule has 122 valence electrons. The highest BCUT2D eigenvalue weighted by molar-refractivity contribution is 5.79. The molecule has 1 aliphatic heterocycles. The van der Waals surface area contributed by atoms with E-state index in [9.17, 15) is 0 Å². The van der Waals surface area contributed by atoms with E-state index in [2.05, 4.69) is 26.8 Å². The molecule has 1 aliphatic rings. The Balaban J connectivity index is 1.40. The molecule has 0 aliphatic carbocycles. The fraction of sp³-hybridized carbons (Fsp3) is 0.375. The Bertz CT molecular complexity index is 654. The van der Waals surface area contributed by atoms with Crippen LogP contribution in [0, 0.1) is 0 Å². The molecular weight excluding hydrogens is 294 g/mol. The summed E-state index contributed by atoms with van der Waals surface area (Å²) in [5, 5.41) is 10.7. The second kappa shape index (κ2) is 7.53. The number of benzene rings is 1. The summed E-state index contributed by atoms with van der Waals surface area (Å²) in [6.45, 7) is 2.67. The number of guanidine groups is 1. The first-order valence-corrected chi connectivity index (χ1v) is 7.65. The summed E-state index contributed by atoms with van der Waals surface area (Å²) in [4.78, 5) is 4.22. The summed E-state index contributed by atoms with van der Waals surface area (Å²) in [7, 11) is 1.77. The van der Waals surface area contributed by atoms with E-state index in [0.29, 0.717) is 6.79 Å². The van der Waals surface area contributed by atoms with Crippen molar-refractivity contribution in [1.82, 2.24) is 20.4 Å². The number of aromatic nitrogens is 2. The summed E-state index contributed by atoms with van der Waals surface area (Å²) >= 11 is 0. The van der Waals surface area contributed by atoms with Gasteiger partial charge in [0.05, 0.1) is 6.54 Å². The topological polar surface area (TPSA) is 72.7 Å². The van der Waals surface area contributed by atoms with E-state index in [0.717, 1.165) is 43.5 Å². The van der Waals surface area contributed by atoms with Crippen LogP contribution in [0.3, 0.4) is 0 Å². The molecule has 1 aromatic carbocycles. The first-order valence-electron chi connectivity index (χ1n) is 7.65. The minimum absolute atomic E-state index is 0.309. The number of aliphatic imine (C=N–C) groups is 1. The van der Waals surface area contributed by atoms with Crippen molar-refractivity contribution >= 4 is 5.96 Å². The van der Waals surface area contributed by atoms with Crippen molar-refractivity contribution in [2.45, 2.75) is 13.0 Å². The molecule has 2 aromatic rings. The molecule has 0 unspecified atom stereocenters. The Labute approximate surface area is 135 Å². The minimum atomic E-state index is 0.309. The van der Waals surface area contributed by atoms with Gasteiger partial charge in [-0.05, 0) is 30.2 Å². The van der Waals surface area contributed by atoms with Gasteiger partial charge in [-0.15, -0.1) is 0 Å². The number of nitrogens with one attached hydrogen (secondary N) is 2. The van der Waals surface area contributed by atoms with Gasteiger partial charge in [-0.25, -0.2) is 0 Å². The number of nitrogens with zero attached hydrogens (tertiary/aromatic N) is 3. The van der Waals surface area contributed by atoms with Gasteiger partial charge >= 0.3 is 0 Å². The largest absolute Gasteiger partial charge is 0.454 e. The zero-order chi connectivity index (χ0) is 15.9. The van der Waals surface area contributed by atoms with Crippen molar-refractivity contribution in [3.8, 4) is 11.5 Å². The van der Waals surface area contributed by atoms with Crippen LogP contribution in [0.5, 0.6) is 11.5 Å². The van der Waals surface area contributed by atoms with Gasteiger partial charge in [0.15, 0.2) is 17.5 Å². The van der Waals surface area contributed by atoms with Crippen LogP contribution in [0.1, 0.15) is 5.56 Å². The lowest BCUT2D eigenvalue weighted by Gasteiger charge is -2.12.